The molecule has 0 saturated carbocycles. The van der Waals surface area contributed by atoms with E-state index in [1.165, 1.54) is 6.92 Å². The molecule has 3 heterocycles. The highest BCUT2D eigenvalue weighted by atomic mass is 19.1. The molecule has 0 radical (unpaired) electrons. The van der Waals surface area contributed by atoms with Gasteiger partial charge in [-0.15, -0.1) is 0 Å². The lowest BCUT2D eigenvalue weighted by atomic mass is 9.91. The van der Waals surface area contributed by atoms with Gasteiger partial charge >= 0.3 is 0 Å². The second kappa shape index (κ2) is 4.34. The quantitative estimate of drug-likeness (QED) is 0.556. The number of nitrogens with zero attached hydrogens (tertiary/aromatic N) is 3. The third-order valence-corrected chi connectivity index (χ3v) is 3.91. The van der Waals surface area contributed by atoms with E-state index in [2.05, 4.69) is 9.97 Å². The summed E-state index contributed by atoms with van der Waals surface area (Å²) < 4.78 is 20.3. The first-order valence-electron chi connectivity index (χ1n) is 6.27. The van der Waals surface area contributed by atoms with Gasteiger partial charge in [0.1, 0.15) is 23.9 Å². The first-order chi connectivity index (χ1) is 9.83. The molecule has 1 fully saturated rings. The molecule has 0 unspecified atom stereocenters. The van der Waals surface area contributed by atoms with Crippen molar-refractivity contribution in [1.29, 1.82) is 0 Å². The number of anilines is 1. The second-order valence-corrected chi connectivity index (χ2v) is 5.29. The van der Waals surface area contributed by atoms with Gasteiger partial charge in [0.05, 0.1) is 18.6 Å². The number of fused-ring (bicyclic) bond motifs is 1. The van der Waals surface area contributed by atoms with E-state index in [4.69, 9.17) is 10.5 Å². The number of aliphatic hydroxyl groups is 3. The van der Waals surface area contributed by atoms with Crippen LogP contribution in [0.4, 0.5) is 10.2 Å². The zero-order valence-electron chi connectivity index (χ0n) is 11.2. The highest BCUT2D eigenvalue weighted by Gasteiger charge is 2.60. The molecule has 9 heteroatoms. The Hall–Kier alpha value is -1.81. The average Bonchev–Trinajstić information content (AvgIpc) is 2.88. The van der Waals surface area contributed by atoms with Crippen LogP contribution in [-0.4, -0.2) is 54.8 Å². The van der Waals surface area contributed by atoms with E-state index in [1.807, 2.05) is 0 Å². The molecule has 2 aromatic rings. The van der Waals surface area contributed by atoms with Crippen molar-refractivity contribution < 1.29 is 24.4 Å². The van der Waals surface area contributed by atoms with Crippen LogP contribution in [0.5, 0.6) is 0 Å². The summed E-state index contributed by atoms with van der Waals surface area (Å²) in [4.78, 5) is 7.61. The van der Waals surface area contributed by atoms with Gasteiger partial charge in [0.15, 0.2) is 11.5 Å². The molecule has 0 aromatic carbocycles. The van der Waals surface area contributed by atoms with Gasteiger partial charge in [0.2, 0.25) is 5.72 Å². The van der Waals surface area contributed by atoms with Gasteiger partial charge in [-0.2, -0.15) is 0 Å². The molecule has 0 spiro atoms. The molecule has 0 amide bonds. The summed E-state index contributed by atoms with van der Waals surface area (Å²) in [6, 6.07) is 0. The molecule has 1 aliphatic rings. The largest absolute Gasteiger partial charge is 0.393 e. The van der Waals surface area contributed by atoms with Crippen LogP contribution in [-0.2, 0) is 10.5 Å². The molecule has 5 N–H and O–H groups in total. The SMILES string of the molecule is C[C@]1(O)CO[C@H](CO)[C@]1(O)n1cc(F)c2c(N)ncnc21. The van der Waals surface area contributed by atoms with Crippen LogP contribution in [0.25, 0.3) is 11.0 Å². The fraction of sp³-hybridized carbons (Fsp3) is 0.500. The van der Waals surface area contributed by atoms with Crippen molar-refractivity contribution >= 4 is 16.9 Å². The van der Waals surface area contributed by atoms with Crippen molar-refractivity contribution in [2.75, 3.05) is 18.9 Å². The van der Waals surface area contributed by atoms with Crippen molar-refractivity contribution in [1.82, 2.24) is 14.5 Å². The van der Waals surface area contributed by atoms with Crippen LogP contribution in [0.15, 0.2) is 12.5 Å². The topological polar surface area (TPSA) is 127 Å². The molecule has 1 aliphatic heterocycles. The Labute approximate surface area is 118 Å². The van der Waals surface area contributed by atoms with Gasteiger partial charge in [-0.25, -0.2) is 14.4 Å². The van der Waals surface area contributed by atoms with Crippen LogP contribution in [0.1, 0.15) is 6.92 Å². The number of aliphatic hydroxyl groups excluding tert-OH is 1. The van der Waals surface area contributed by atoms with E-state index in [1.54, 1.807) is 0 Å². The highest BCUT2D eigenvalue weighted by Crippen LogP contribution is 2.41. The molecule has 3 rings (SSSR count). The molecule has 8 nitrogen and oxygen atoms in total. The maximum Gasteiger partial charge on any atom is 0.203 e. The van der Waals surface area contributed by atoms with Crippen LogP contribution < -0.4 is 5.73 Å². The fourth-order valence-electron chi connectivity index (χ4n) is 2.73. The molecule has 2 aromatic heterocycles. The Morgan fingerprint density at radius 3 is 2.90 bits per heavy atom. The first kappa shape index (κ1) is 14.1. The van der Waals surface area contributed by atoms with Gasteiger partial charge in [0.25, 0.3) is 0 Å². The van der Waals surface area contributed by atoms with Gasteiger partial charge in [0, 0.05) is 6.20 Å². The smallest absolute Gasteiger partial charge is 0.203 e. The molecule has 0 bridgehead atoms. The fourth-order valence-corrected chi connectivity index (χ4v) is 2.73. The van der Waals surface area contributed by atoms with Gasteiger partial charge in [-0.3, -0.25) is 4.57 Å². The minimum Gasteiger partial charge on any atom is -0.393 e. The molecule has 0 aliphatic carbocycles. The van der Waals surface area contributed by atoms with Crippen LogP contribution in [0.2, 0.25) is 0 Å². The number of nitrogens with two attached hydrogens (primary N) is 1. The summed E-state index contributed by atoms with van der Waals surface area (Å²) in [6.45, 7) is 0.544. The summed E-state index contributed by atoms with van der Waals surface area (Å²) in [5, 5.41) is 30.6. The molecular formula is C12H15FN4O4. The number of ether oxygens (including phenoxy) is 1. The van der Waals surface area contributed by atoms with Crippen molar-refractivity contribution in [3.8, 4) is 0 Å². The maximum atomic E-state index is 14.1. The van der Waals surface area contributed by atoms with E-state index in [0.29, 0.717) is 0 Å². The molecule has 21 heavy (non-hydrogen) atoms. The summed E-state index contributed by atoms with van der Waals surface area (Å²) in [6.07, 6.45) is 0.940. The number of hydrogen-bond donors (Lipinski definition) is 4. The maximum absolute atomic E-state index is 14.1. The minimum absolute atomic E-state index is 0.00623. The van der Waals surface area contributed by atoms with E-state index >= 15 is 0 Å². The Bertz CT molecular complexity index is 704. The standard InChI is InChI=1S/C12H15FN4O4/c1-11(19)4-21-7(3-18)12(11,20)17-2-6(13)8-9(14)15-5-16-10(8)17/h2,5,7,18-20H,3-4H2,1H3,(H2,14,15,16)/t7-,11+,12-/m1/s1. The monoisotopic (exact) mass is 298 g/mol. The van der Waals surface area contributed by atoms with Gasteiger partial charge in [-0.05, 0) is 6.92 Å². The second-order valence-electron chi connectivity index (χ2n) is 5.29. The van der Waals surface area contributed by atoms with Crippen molar-refractivity contribution in [2.24, 2.45) is 0 Å². The zero-order valence-corrected chi connectivity index (χ0v) is 11.2. The van der Waals surface area contributed by atoms with E-state index in [-0.39, 0.29) is 23.5 Å². The number of halogens is 1. The molecule has 1 saturated heterocycles. The average molecular weight is 298 g/mol. The van der Waals surface area contributed by atoms with Crippen LogP contribution >= 0.6 is 0 Å². The Kier molecular flexibility index (Phi) is 2.92. The zero-order chi connectivity index (χ0) is 15.4. The van der Waals surface area contributed by atoms with E-state index in [9.17, 15) is 19.7 Å². The Morgan fingerprint density at radius 1 is 1.52 bits per heavy atom. The minimum atomic E-state index is -2.09. The summed E-state index contributed by atoms with van der Waals surface area (Å²) in [7, 11) is 0. The lowest BCUT2D eigenvalue weighted by molar-refractivity contribution is -0.186. The molecule has 3 atom stereocenters. The van der Waals surface area contributed by atoms with E-state index < -0.39 is 29.9 Å². The lowest BCUT2D eigenvalue weighted by Gasteiger charge is -2.37. The number of rotatable bonds is 2. The third-order valence-electron chi connectivity index (χ3n) is 3.91. The predicted molar refractivity (Wildman–Crippen MR) is 69.5 cm³/mol. The van der Waals surface area contributed by atoms with Crippen molar-refractivity contribution in [3.05, 3.63) is 18.3 Å². The summed E-state index contributed by atoms with van der Waals surface area (Å²) >= 11 is 0. The number of nitrogen functional groups attached to an aromatic ring is 1. The van der Waals surface area contributed by atoms with Crippen molar-refractivity contribution in [3.63, 3.8) is 0 Å². The summed E-state index contributed by atoms with van der Waals surface area (Å²) in [5.41, 5.74) is 1.78. The number of hydrogen-bond acceptors (Lipinski definition) is 7. The highest BCUT2D eigenvalue weighted by molar-refractivity contribution is 5.87. The Morgan fingerprint density at radius 2 is 2.24 bits per heavy atom. The van der Waals surface area contributed by atoms with E-state index in [0.717, 1.165) is 17.1 Å². The first-order valence-corrected chi connectivity index (χ1v) is 6.27. The van der Waals surface area contributed by atoms with Crippen molar-refractivity contribution in [2.45, 2.75) is 24.4 Å². The van der Waals surface area contributed by atoms with Crippen LogP contribution in [0.3, 0.4) is 0 Å². The normalized spacial score (nSPS) is 32.9. The Balaban J connectivity index is 2.31. The van der Waals surface area contributed by atoms with Crippen LogP contribution in [0, 0.1) is 5.82 Å². The third kappa shape index (κ3) is 1.69. The van der Waals surface area contributed by atoms with Gasteiger partial charge < -0.3 is 25.8 Å². The lowest BCUT2D eigenvalue weighted by Crippen LogP contribution is -2.57. The van der Waals surface area contributed by atoms with Gasteiger partial charge in [-0.1, -0.05) is 0 Å². The molecular weight excluding hydrogens is 283 g/mol. The molecule has 114 valence electrons. The number of aromatic nitrogens is 3. The predicted octanol–water partition coefficient (Wildman–Crippen LogP) is -1.06. The summed E-state index contributed by atoms with van der Waals surface area (Å²) in [5.74, 6) is -0.824.